The first-order valence-corrected chi connectivity index (χ1v) is 13.9. The zero-order chi connectivity index (χ0) is 27.3. The van der Waals surface area contributed by atoms with Crippen molar-refractivity contribution in [3.8, 4) is 22.9 Å². The van der Waals surface area contributed by atoms with E-state index in [1.54, 1.807) is 19.2 Å². The maximum Gasteiger partial charge on any atom is 0.407 e. The van der Waals surface area contributed by atoms with Gasteiger partial charge in [-0.05, 0) is 106 Å². The van der Waals surface area contributed by atoms with Gasteiger partial charge in [0.1, 0.15) is 17.0 Å². The first-order valence-electron chi connectivity index (χ1n) is 12.8. The second-order valence-corrected chi connectivity index (χ2v) is 11.2. The molecule has 0 unspecified atom stereocenters. The predicted molar refractivity (Wildman–Crippen MR) is 151 cm³/mol. The number of nitrogens with one attached hydrogen (secondary N) is 1. The lowest BCUT2D eigenvalue weighted by Gasteiger charge is -2.30. The largest absolute Gasteiger partial charge is 0.461 e. The van der Waals surface area contributed by atoms with E-state index in [2.05, 4.69) is 32.9 Å². The lowest BCUT2D eigenvalue weighted by atomic mass is 9.91. The van der Waals surface area contributed by atoms with Gasteiger partial charge >= 0.3 is 12.1 Å². The standard InChI is InChI=1S/C28H33IN4O5/c1-5-36-26(34)25-23(29)24(18-9-15-21(16-10-18)37-22-8-6-7-17-30-22)32-33(25)20-13-11-19(12-14-20)31-27(35)38-28(2,3)4/h6-10,15-17,19-20H,5,11-14H2,1-4H3,(H,31,35). The summed E-state index contributed by atoms with van der Waals surface area (Å²) in [7, 11) is 0. The molecule has 2 aromatic heterocycles. The lowest BCUT2D eigenvalue weighted by Crippen LogP contribution is -2.41. The third kappa shape index (κ3) is 7.03. The molecule has 0 spiro atoms. The Morgan fingerprint density at radius 3 is 2.39 bits per heavy atom. The SMILES string of the molecule is CCOC(=O)c1c(I)c(-c2ccc(Oc3ccccn3)cc2)nn1C1CCC(NC(=O)OC(C)(C)C)CC1. The minimum absolute atomic E-state index is 0.0140. The highest BCUT2D eigenvalue weighted by Gasteiger charge is 2.31. The van der Waals surface area contributed by atoms with Crippen LogP contribution >= 0.6 is 22.6 Å². The number of carbonyl (C=O) groups is 2. The first-order chi connectivity index (χ1) is 18.1. The number of rotatable bonds is 7. The molecule has 2 heterocycles. The number of alkyl carbamates (subject to hydrolysis) is 1. The minimum Gasteiger partial charge on any atom is -0.461 e. The Labute approximate surface area is 236 Å². The molecule has 10 heteroatoms. The number of benzene rings is 1. The van der Waals surface area contributed by atoms with Crippen molar-refractivity contribution in [2.45, 2.75) is 71.1 Å². The van der Waals surface area contributed by atoms with Crippen LogP contribution in [-0.2, 0) is 9.47 Å². The summed E-state index contributed by atoms with van der Waals surface area (Å²) in [6.45, 7) is 7.61. The molecule has 1 aliphatic carbocycles. The molecule has 202 valence electrons. The molecule has 38 heavy (non-hydrogen) atoms. The molecule has 1 aliphatic rings. The molecule has 0 atom stereocenters. The molecule has 0 bridgehead atoms. The second kappa shape index (κ2) is 12.1. The second-order valence-electron chi connectivity index (χ2n) is 10.1. The Bertz CT molecular complexity index is 1250. The first kappa shape index (κ1) is 27.9. The van der Waals surface area contributed by atoms with E-state index >= 15 is 0 Å². The predicted octanol–water partition coefficient (Wildman–Crippen LogP) is 6.53. The molecular formula is C28H33IN4O5. The van der Waals surface area contributed by atoms with E-state index in [9.17, 15) is 9.59 Å². The Hall–Kier alpha value is -3.15. The molecule has 0 aliphatic heterocycles. The highest BCUT2D eigenvalue weighted by Crippen LogP contribution is 2.35. The number of esters is 1. The molecule has 0 saturated heterocycles. The van der Waals surface area contributed by atoms with Crippen LogP contribution in [0.4, 0.5) is 4.79 Å². The third-order valence-corrected chi connectivity index (χ3v) is 7.09. The molecule has 1 amide bonds. The molecule has 4 rings (SSSR count). The molecular weight excluding hydrogens is 599 g/mol. The van der Waals surface area contributed by atoms with E-state index in [0.717, 1.165) is 34.8 Å². The van der Waals surface area contributed by atoms with Crippen molar-refractivity contribution >= 4 is 34.7 Å². The van der Waals surface area contributed by atoms with Crippen molar-refractivity contribution in [2.24, 2.45) is 0 Å². The van der Waals surface area contributed by atoms with Gasteiger partial charge in [-0.15, -0.1) is 0 Å². The normalized spacial score (nSPS) is 17.5. The van der Waals surface area contributed by atoms with E-state index < -0.39 is 11.7 Å². The fraction of sp³-hybridized carbons (Fsp3) is 0.429. The highest BCUT2D eigenvalue weighted by molar-refractivity contribution is 14.1. The summed E-state index contributed by atoms with van der Waals surface area (Å²) >= 11 is 2.18. The van der Waals surface area contributed by atoms with Crippen molar-refractivity contribution < 1.29 is 23.8 Å². The van der Waals surface area contributed by atoms with Crippen LogP contribution in [0.3, 0.4) is 0 Å². The smallest absolute Gasteiger partial charge is 0.407 e. The van der Waals surface area contributed by atoms with Crippen LogP contribution in [0.25, 0.3) is 11.3 Å². The van der Waals surface area contributed by atoms with Crippen molar-refractivity contribution in [2.75, 3.05) is 6.61 Å². The Balaban J connectivity index is 1.52. The number of pyridine rings is 1. The number of nitrogens with zero attached hydrogens (tertiary/aromatic N) is 3. The quantitative estimate of drug-likeness (QED) is 0.233. The third-order valence-electron chi connectivity index (χ3n) is 6.07. The van der Waals surface area contributed by atoms with Crippen molar-refractivity contribution in [1.29, 1.82) is 0 Å². The summed E-state index contributed by atoms with van der Waals surface area (Å²) in [5, 5.41) is 7.87. The van der Waals surface area contributed by atoms with Crippen LogP contribution in [0.15, 0.2) is 48.7 Å². The summed E-state index contributed by atoms with van der Waals surface area (Å²) in [5.41, 5.74) is 1.50. The number of hydrogen-bond acceptors (Lipinski definition) is 7. The maximum absolute atomic E-state index is 13.0. The Morgan fingerprint density at radius 1 is 1.08 bits per heavy atom. The van der Waals surface area contributed by atoms with Gasteiger partial charge < -0.3 is 19.5 Å². The summed E-state index contributed by atoms with van der Waals surface area (Å²) < 4.78 is 19.2. The van der Waals surface area contributed by atoms with Crippen LogP contribution in [-0.4, -0.2) is 45.1 Å². The molecule has 9 nitrogen and oxygen atoms in total. The van der Waals surface area contributed by atoms with Crippen molar-refractivity contribution in [3.05, 3.63) is 57.9 Å². The van der Waals surface area contributed by atoms with Gasteiger partial charge in [0.2, 0.25) is 5.88 Å². The van der Waals surface area contributed by atoms with Gasteiger partial charge in [0.05, 0.1) is 16.2 Å². The summed E-state index contributed by atoms with van der Waals surface area (Å²) in [4.78, 5) is 29.4. The molecule has 1 saturated carbocycles. The van der Waals surface area contributed by atoms with E-state index in [4.69, 9.17) is 19.3 Å². The zero-order valence-electron chi connectivity index (χ0n) is 22.1. The maximum atomic E-state index is 13.0. The van der Waals surface area contributed by atoms with Gasteiger partial charge in [0.15, 0.2) is 5.69 Å². The van der Waals surface area contributed by atoms with Crippen LogP contribution in [0.1, 0.15) is 69.9 Å². The summed E-state index contributed by atoms with van der Waals surface area (Å²) in [5.74, 6) is 0.781. The van der Waals surface area contributed by atoms with Gasteiger partial charge in [-0.2, -0.15) is 5.10 Å². The Morgan fingerprint density at radius 2 is 1.79 bits per heavy atom. The van der Waals surface area contributed by atoms with Gasteiger partial charge in [-0.3, -0.25) is 4.68 Å². The Kier molecular flexibility index (Phi) is 8.91. The van der Waals surface area contributed by atoms with E-state index in [0.29, 0.717) is 23.0 Å². The number of halogens is 1. The van der Waals surface area contributed by atoms with Gasteiger partial charge in [-0.25, -0.2) is 14.6 Å². The van der Waals surface area contributed by atoms with Crippen LogP contribution in [0, 0.1) is 3.57 Å². The van der Waals surface area contributed by atoms with Crippen molar-refractivity contribution in [3.63, 3.8) is 0 Å². The van der Waals surface area contributed by atoms with Gasteiger partial charge in [-0.1, -0.05) is 6.07 Å². The van der Waals surface area contributed by atoms with Crippen LogP contribution in [0.5, 0.6) is 11.6 Å². The average molecular weight is 632 g/mol. The summed E-state index contributed by atoms with van der Waals surface area (Å²) in [6.07, 6.45) is 4.33. The number of amides is 1. The van der Waals surface area contributed by atoms with Crippen molar-refractivity contribution in [1.82, 2.24) is 20.1 Å². The van der Waals surface area contributed by atoms with Gasteiger partial charge in [0.25, 0.3) is 0 Å². The number of aromatic nitrogens is 3. The lowest BCUT2D eigenvalue weighted by molar-refractivity contribution is 0.0487. The zero-order valence-corrected chi connectivity index (χ0v) is 24.2. The molecule has 1 N–H and O–H groups in total. The molecule has 1 fully saturated rings. The highest BCUT2D eigenvalue weighted by atomic mass is 127. The fourth-order valence-corrected chi connectivity index (χ4v) is 5.28. The number of ether oxygens (including phenoxy) is 3. The number of hydrogen-bond donors (Lipinski definition) is 1. The van der Waals surface area contributed by atoms with E-state index in [-0.39, 0.29) is 24.7 Å². The number of carbonyl (C=O) groups excluding carboxylic acids is 2. The van der Waals surface area contributed by atoms with Crippen LogP contribution in [0.2, 0.25) is 0 Å². The van der Waals surface area contributed by atoms with E-state index in [1.807, 2.05) is 61.9 Å². The summed E-state index contributed by atoms with van der Waals surface area (Å²) in [6, 6.07) is 13.1. The fourth-order valence-electron chi connectivity index (χ4n) is 4.39. The average Bonchev–Trinajstić information content (AvgIpc) is 3.21. The van der Waals surface area contributed by atoms with E-state index in [1.165, 1.54) is 0 Å². The molecule has 1 aromatic carbocycles. The monoisotopic (exact) mass is 632 g/mol. The topological polar surface area (TPSA) is 105 Å². The van der Waals surface area contributed by atoms with Crippen LogP contribution < -0.4 is 10.1 Å². The van der Waals surface area contributed by atoms with Gasteiger partial charge in [0, 0.05) is 23.9 Å². The molecule has 3 aromatic rings. The molecule has 0 radical (unpaired) electrons. The minimum atomic E-state index is -0.541.